The number of nitrogens with one attached hydrogen (secondary N) is 2. The summed E-state index contributed by atoms with van der Waals surface area (Å²) in [6, 6.07) is 10.1. The third-order valence-corrected chi connectivity index (χ3v) is 5.00. The minimum atomic E-state index is -0.138. The lowest BCUT2D eigenvalue weighted by Crippen LogP contribution is -3.12. The maximum absolute atomic E-state index is 12.3. The molecular formula is C19H28N5O+. The number of hydrogen-bond donors (Lipinski definition) is 2. The van der Waals surface area contributed by atoms with E-state index in [2.05, 4.69) is 27.8 Å². The lowest BCUT2D eigenvalue weighted by molar-refractivity contribution is -0.898. The van der Waals surface area contributed by atoms with E-state index < -0.39 is 0 Å². The van der Waals surface area contributed by atoms with Gasteiger partial charge in [-0.15, -0.1) is 5.10 Å². The molecule has 1 atom stereocenters. The molecule has 134 valence electrons. The van der Waals surface area contributed by atoms with Crippen LogP contribution < -0.4 is 10.2 Å². The van der Waals surface area contributed by atoms with Crippen LogP contribution in [-0.2, 0) is 0 Å². The van der Waals surface area contributed by atoms with Gasteiger partial charge in [-0.2, -0.15) is 0 Å². The van der Waals surface area contributed by atoms with Crippen LogP contribution in [0.3, 0.4) is 0 Å². The monoisotopic (exact) mass is 342 g/mol. The summed E-state index contributed by atoms with van der Waals surface area (Å²) < 4.78 is 1.74. The quantitative estimate of drug-likeness (QED) is 0.826. The Labute approximate surface area is 149 Å². The highest BCUT2D eigenvalue weighted by Gasteiger charge is 2.16. The predicted octanol–water partition coefficient (Wildman–Crippen LogP) is 1.08. The van der Waals surface area contributed by atoms with E-state index in [0.29, 0.717) is 12.2 Å². The molecule has 1 fully saturated rings. The lowest BCUT2D eigenvalue weighted by Gasteiger charge is -2.16. The molecule has 0 unspecified atom stereocenters. The molecule has 1 aliphatic rings. The smallest absolute Gasteiger partial charge is 0.273 e. The number of nitrogens with zero attached hydrogens (tertiary/aromatic N) is 3. The maximum atomic E-state index is 12.3. The second kappa shape index (κ2) is 8.76. The molecule has 1 aromatic carbocycles. The summed E-state index contributed by atoms with van der Waals surface area (Å²) in [5, 5.41) is 11.1. The molecule has 0 aliphatic carbocycles. The molecule has 1 aliphatic heterocycles. The van der Waals surface area contributed by atoms with Gasteiger partial charge >= 0.3 is 0 Å². The van der Waals surface area contributed by atoms with Crippen molar-refractivity contribution in [2.75, 3.05) is 26.2 Å². The Hall–Kier alpha value is -2.21. The lowest BCUT2D eigenvalue weighted by atomic mass is 10.1. The Balaban J connectivity index is 1.50. The Morgan fingerprint density at radius 3 is 2.64 bits per heavy atom. The molecule has 0 saturated carbocycles. The first-order valence-electron chi connectivity index (χ1n) is 9.32. The number of likely N-dealkylation sites (tertiary alicyclic amines) is 1. The highest BCUT2D eigenvalue weighted by molar-refractivity contribution is 5.91. The molecule has 1 aromatic heterocycles. The zero-order chi connectivity index (χ0) is 17.5. The number of hydrogen-bond acceptors (Lipinski definition) is 3. The predicted molar refractivity (Wildman–Crippen MR) is 96.6 cm³/mol. The van der Waals surface area contributed by atoms with Gasteiger partial charge in [-0.1, -0.05) is 35.5 Å². The van der Waals surface area contributed by atoms with Gasteiger partial charge in [0.2, 0.25) is 0 Å². The number of rotatable bonds is 6. The summed E-state index contributed by atoms with van der Waals surface area (Å²) in [4.78, 5) is 13.9. The first-order chi connectivity index (χ1) is 12.2. The largest absolute Gasteiger partial charge is 0.345 e. The van der Waals surface area contributed by atoms with Gasteiger partial charge in [0.1, 0.15) is 0 Å². The molecule has 2 heterocycles. The number of quaternary nitrogens is 1. The fourth-order valence-corrected chi connectivity index (χ4v) is 3.38. The van der Waals surface area contributed by atoms with Crippen LogP contribution in [0.4, 0.5) is 0 Å². The van der Waals surface area contributed by atoms with E-state index in [1.807, 2.05) is 25.1 Å². The Bertz CT molecular complexity index is 661. The van der Waals surface area contributed by atoms with Crippen molar-refractivity contribution in [1.29, 1.82) is 0 Å². The fraction of sp³-hybridized carbons (Fsp3) is 0.526. The number of carbonyl (C=O) groups excluding carboxylic acids is 1. The summed E-state index contributed by atoms with van der Waals surface area (Å²) in [6.07, 6.45) is 7.02. The number of aromatic nitrogens is 3. The summed E-state index contributed by atoms with van der Waals surface area (Å²) in [7, 11) is 0. The van der Waals surface area contributed by atoms with Crippen LogP contribution in [0.2, 0.25) is 0 Å². The van der Waals surface area contributed by atoms with Gasteiger partial charge in [0.25, 0.3) is 5.91 Å². The molecule has 6 heteroatoms. The van der Waals surface area contributed by atoms with Crippen LogP contribution in [0.25, 0.3) is 0 Å². The summed E-state index contributed by atoms with van der Waals surface area (Å²) in [5.41, 5.74) is 1.53. The Morgan fingerprint density at radius 2 is 1.92 bits per heavy atom. The van der Waals surface area contributed by atoms with Crippen molar-refractivity contribution in [2.45, 2.75) is 38.6 Å². The Morgan fingerprint density at radius 1 is 1.20 bits per heavy atom. The zero-order valence-corrected chi connectivity index (χ0v) is 14.9. The van der Waals surface area contributed by atoms with E-state index in [9.17, 15) is 4.79 Å². The molecule has 2 aromatic rings. The topological polar surface area (TPSA) is 64.2 Å². The average molecular weight is 342 g/mol. The van der Waals surface area contributed by atoms with Crippen LogP contribution in [0.1, 0.15) is 54.7 Å². The minimum absolute atomic E-state index is 0.0526. The summed E-state index contributed by atoms with van der Waals surface area (Å²) in [6.45, 7) is 6.17. The fourth-order valence-electron chi connectivity index (χ4n) is 3.38. The molecule has 0 spiro atoms. The van der Waals surface area contributed by atoms with E-state index in [0.717, 1.165) is 12.1 Å². The van der Waals surface area contributed by atoms with Crippen LogP contribution in [0, 0.1) is 0 Å². The second-order valence-electron chi connectivity index (χ2n) is 6.84. The first-order valence-corrected chi connectivity index (χ1v) is 9.32. The van der Waals surface area contributed by atoms with Crippen molar-refractivity contribution in [3.8, 4) is 0 Å². The molecule has 0 radical (unpaired) electrons. The molecule has 1 amide bonds. The molecule has 6 nitrogen and oxygen atoms in total. The van der Waals surface area contributed by atoms with Crippen molar-refractivity contribution in [3.63, 3.8) is 0 Å². The van der Waals surface area contributed by atoms with E-state index in [4.69, 9.17) is 0 Å². The summed E-state index contributed by atoms with van der Waals surface area (Å²) >= 11 is 0. The van der Waals surface area contributed by atoms with Crippen molar-refractivity contribution in [3.05, 3.63) is 47.8 Å². The normalized spacial score (nSPS) is 17.0. The van der Waals surface area contributed by atoms with E-state index in [1.54, 1.807) is 15.8 Å². The van der Waals surface area contributed by atoms with Crippen LogP contribution in [0.15, 0.2) is 36.5 Å². The molecule has 3 rings (SSSR count). The third kappa shape index (κ3) is 4.89. The molecule has 2 N–H and O–H groups in total. The number of benzene rings is 1. The Kier molecular flexibility index (Phi) is 6.17. The van der Waals surface area contributed by atoms with E-state index in [-0.39, 0.29) is 11.9 Å². The SMILES string of the molecule is C[C@@H](c1ccccc1)n1cc(C(=O)NCC[NH+]2CCCCCC2)nn1. The standard InChI is InChI=1S/C19H27N5O/c1-16(17-9-5-4-6-10-17)24-15-18(21-22-24)19(25)20-11-14-23-12-7-2-3-8-13-23/h4-6,9-10,15-16H,2-3,7-8,11-14H2,1H3,(H,20,25)/p+1/t16-/m0/s1. The van der Waals surface area contributed by atoms with Gasteiger partial charge in [-0.05, 0) is 38.2 Å². The highest BCUT2D eigenvalue weighted by Crippen LogP contribution is 2.16. The number of amides is 1. The molecule has 1 saturated heterocycles. The van der Waals surface area contributed by atoms with Crippen LogP contribution in [0.5, 0.6) is 0 Å². The van der Waals surface area contributed by atoms with Crippen molar-refractivity contribution < 1.29 is 9.69 Å². The van der Waals surface area contributed by atoms with E-state index >= 15 is 0 Å². The van der Waals surface area contributed by atoms with E-state index in [1.165, 1.54) is 38.8 Å². The second-order valence-corrected chi connectivity index (χ2v) is 6.84. The van der Waals surface area contributed by atoms with Gasteiger partial charge in [-0.25, -0.2) is 4.68 Å². The third-order valence-electron chi connectivity index (χ3n) is 5.00. The highest BCUT2D eigenvalue weighted by atomic mass is 16.2. The summed E-state index contributed by atoms with van der Waals surface area (Å²) in [5.74, 6) is -0.138. The molecule has 25 heavy (non-hydrogen) atoms. The van der Waals surface area contributed by atoms with Crippen LogP contribution in [-0.4, -0.2) is 47.1 Å². The first kappa shape index (κ1) is 17.6. The van der Waals surface area contributed by atoms with Gasteiger partial charge in [0, 0.05) is 0 Å². The molecular weight excluding hydrogens is 314 g/mol. The van der Waals surface area contributed by atoms with Crippen molar-refractivity contribution >= 4 is 5.91 Å². The average Bonchev–Trinajstić information content (AvgIpc) is 3.00. The molecule has 0 bridgehead atoms. The van der Waals surface area contributed by atoms with Gasteiger partial charge in [0.15, 0.2) is 5.69 Å². The number of carbonyl (C=O) groups is 1. The maximum Gasteiger partial charge on any atom is 0.273 e. The van der Waals surface area contributed by atoms with Gasteiger partial charge < -0.3 is 10.2 Å². The van der Waals surface area contributed by atoms with Crippen LogP contribution >= 0.6 is 0 Å². The zero-order valence-electron chi connectivity index (χ0n) is 14.9. The van der Waals surface area contributed by atoms with Gasteiger partial charge in [0.05, 0.1) is 38.4 Å². The minimum Gasteiger partial charge on any atom is -0.345 e. The van der Waals surface area contributed by atoms with Crippen molar-refractivity contribution in [1.82, 2.24) is 20.3 Å². The van der Waals surface area contributed by atoms with Gasteiger partial charge in [-0.3, -0.25) is 4.79 Å². The van der Waals surface area contributed by atoms with Crippen molar-refractivity contribution in [2.24, 2.45) is 0 Å².